The maximum absolute atomic E-state index is 11.9. The van der Waals surface area contributed by atoms with Crippen LogP contribution >= 0.6 is 0 Å². The van der Waals surface area contributed by atoms with Crippen LogP contribution in [0.2, 0.25) is 0 Å². The van der Waals surface area contributed by atoms with Crippen LogP contribution in [-0.2, 0) is 7.05 Å². The first kappa shape index (κ1) is 10.2. The number of hydrogen-bond acceptors (Lipinski definition) is 3. The van der Waals surface area contributed by atoms with E-state index in [0.717, 1.165) is 18.4 Å². The van der Waals surface area contributed by atoms with Crippen molar-refractivity contribution in [3.63, 3.8) is 0 Å². The monoisotopic (exact) mass is 207 g/mol. The molecule has 1 aliphatic rings. The quantitative estimate of drug-likeness (QED) is 0.715. The molecule has 2 atom stereocenters. The minimum absolute atomic E-state index is 0.0154. The molecular weight excluding hydrogens is 190 g/mol. The molecule has 0 aromatic carbocycles. The van der Waals surface area contributed by atoms with Gasteiger partial charge in [-0.2, -0.15) is 0 Å². The van der Waals surface area contributed by atoms with Crippen molar-refractivity contribution in [2.24, 2.45) is 7.05 Å². The maximum atomic E-state index is 11.9. The highest BCUT2D eigenvalue weighted by Gasteiger charge is 2.24. The summed E-state index contributed by atoms with van der Waals surface area (Å²) in [7, 11) is 1.71. The Kier molecular flexibility index (Phi) is 2.52. The number of nitrogen functional groups attached to an aromatic ring is 1. The lowest BCUT2D eigenvalue weighted by Crippen LogP contribution is -2.29. The lowest BCUT2D eigenvalue weighted by molar-refractivity contribution is 0.576. The number of nitrogens with zero attached hydrogens (tertiary/aromatic N) is 1. The molecule has 1 saturated heterocycles. The summed E-state index contributed by atoms with van der Waals surface area (Å²) in [5.41, 5.74) is 6.50. The summed E-state index contributed by atoms with van der Waals surface area (Å²) in [6.07, 6.45) is 2.15. The summed E-state index contributed by atoms with van der Waals surface area (Å²) in [6, 6.07) is 4.32. The molecule has 4 heteroatoms. The number of hydrogen-bond donors (Lipinski definition) is 2. The third-order valence-electron chi connectivity index (χ3n) is 3.12. The zero-order chi connectivity index (χ0) is 11.0. The summed E-state index contributed by atoms with van der Waals surface area (Å²) in [4.78, 5) is 11.9. The number of rotatable bonds is 1. The van der Waals surface area contributed by atoms with E-state index < -0.39 is 0 Å². The largest absolute Gasteiger partial charge is 0.385 e. The molecule has 3 N–H and O–H groups in total. The first-order valence-electron chi connectivity index (χ1n) is 5.31. The number of nitrogens with one attached hydrogen (secondary N) is 1. The van der Waals surface area contributed by atoms with Crippen molar-refractivity contribution in [1.29, 1.82) is 0 Å². The van der Waals surface area contributed by atoms with Gasteiger partial charge in [-0.1, -0.05) is 0 Å². The fourth-order valence-corrected chi connectivity index (χ4v) is 2.11. The van der Waals surface area contributed by atoms with Gasteiger partial charge in [0.1, 0.15) is 5.82 Å². The molecule has 1 aromatic rings. The van der Waals surface area contributed by atoms with Gasteiger partial charge in [0.15, 0.2) is 0 Å². The molecule has 0 amide bonds. The van der Waals surface area contributed by atoms with Gasteiger partial charge in [-0.05, 0) is 31.9 Å². The van der Waals surface area contributed by atoms with Crippen LogP contribution in [0, 0.1) is 0 Å². The Morgan fingerprint density at radius 1 is 1.47 bits per heavy atom. The van der Waals surface area contributed by atoms with Crippen molar-refractivity contribution < 1.29 is 0 Å². The molecule has 0 spiro atoms. The van der Waals surface area contributed by atoms with Gasteiger partial charge in [-0.15, -0.1) is 0 Å². The zero-order valence-corrected chi connectivity index (χ0v) is 9.16. The van der Waals surface area contributed by atoms with Gasteiger partial charge in [0.25, 0.3) is 5.56 Å². The second kappa shape index (κ2) is 3.70. The van der Waals surface area contributed by atoms with E-state index in [1.165, 1.54) is 4.57 Å². The SMILES string of the molecule is C[C@@H]1CC[C@H](c2ccc(N)n(C)c2=O)N1. The minimum atomic E-state index is 0.0154. The molecule has 1 aliphatic heterocycles. The number of aromatic nitrogens is 1. The van der Waals surface area contributed by atoms with Crippen LogP contribution in [0.15, 0.2) is 16.9 Å². The Morgan fingerprint density at radius 2 is 2.20 bits per heavy atom. The average molecular weight is 207 g/mol. The molecule has 1 aromatic heterocycles. The van der Waals surface area contributed by atoms with Crippen LogP contribution in [0.1, 0.15) is 31.4 Å². The van der Waals surface area contributed by atoms with Crippen molar-refractivity contribution in [2.75, 3.05) is 5.73 Å². The van der Waals surface area contributed by atoms with Crippen LogP contribution in [0.4, 0.5) is 5.82 Å². The van der Waals surface area contributed by atoms with Gasteiger partial charge < -0.3 is 11.1 Å². The van der Waals surface area contributed by atoms with Crippen molar-refractivity contribution in [3.8, 4) is 0 Å². The Labute approximate surface area is 89.1 Å². The first-order valence-corrected chi connectivity index (χ1v) is 5.31. The van der Waals surface area contributed by atoms with Crippen LogP contribution in [0.5, 0.6) is 0 Å². The topological polar surface area (TPSA) is 60.0 Å². The van der Waals surface area contributed by atoms with Crippen LogP contribution in [0.25, 0.3) is 0 Å². The molecule has 0 unspecified atom stereocenters. The molecule has 4 nitrogen and oxygen atoms in total. The van der Waals surface area contributed by atoms with Crippen LogP contribution in [-0.4, -0.2) is 10.6 Å². The fourth-order valence-electron chi connectivity index (χ4n) is 2.11. The third-order valence-corrected chi connectivity index (χ3v) is 3.12. The molecule has 0 saturated carbocycles. The highest BCUT2D eigenvalue weighted by molar-refractivity contribution is 5.33. The Morgan fingerprint density at radius 3 is 2.80 bits per heavy atom. The molecule has 82 valence electrons. The molecule has 1 fully saturated rings. The summed E-state index contributed by atoms with van der Waals surface area (Å²) < 4.78 is 1.50. The minimum Gasteiger partial charge on any atom is -0.385 e. The van der Waals surface area contributed by atoms with E-state index in [4.69, 9.17) is 5.73 Å². The predicted octanol–water partition coefficient (Wildman–Crippen LogP) is 0.781. The first-order chi connectivity index (χ1) is 7.09. The second-order valence-corrected chi connectivity index (χ2v) is 4.28. The van der Waals surface area contributed by atoms with E-state index in [-0.39, 0.29) is 11.6 Å². The third kappa shape index (κ3) is 1.77. The molecular formula is C11H17N3O. The standard InChI is InChI=1S/C11H17N3O/c1-7-3-5-9(13-7)8-4-6-10(12)14(2)11(8)15/h4,6-7,9,13H,3,5,12H2,1-2H3/t7-,9-/m1/s1. The molecule has 2 rings (SSSR count). The lowest BCUT2D eigenvalue weighted by Gasteiger charge is -2.13. The Bertz CT molecular complexity index is 424. The average Bonchev–Trinajstić information content (AvgIpc) is 2.61. The van der Waals surface area contributed by atoms with Crippen molar-refractivity contribution in [3.05, 3.63) is 28.0 Å². The van der Waals surface area contributed by atoms with Crippen molar-refractivity contribution in [2.45, 2.75) is 31.8 Å². The normalized spacial score (nSPS) is 25.7. The van der Waals surface area contributed by atoms with E-state index in [9.17, 15) is 4.79 Å². The highest BCUT2D eigenvalue weighted by Crippen LogP contribution is 2.24. The fraction of sp³-hybridized carbons (Fsp3) is 0.545. The summed E-state index contributed by atoms with van der Waals surface area (Å²) in [6.45, 7) is 2.14. The number of anilines is 1. The molecule has 2 heterocycles. The van der Waals surface area contributed by atoms with Gasteiger partial charge in [0, 0.05) is 24.7 Å². The lowest BCUT2D eigenvalue weighted by atomic mass is 10.1. The predicted molar refractivity (Wildman–Crippen MR) is 60.7 cm³/mol. The van der Waals surface area contributed by atoms with Gasteiger partial charge >= 0.3 is 0 Å². The number of pyridine rings is 1. The maximum Gasteiger partial charge on any atom is 0.256 e. The van der Waals surface area contributed by atoms with Crippen LogP contribution in [0.3, 0.4) is 0 Å². The summed E-state index contributed by atoms with van der Waals surface area (Å²) in [5.74, 6) is 0.509. The van der Waals surface area contributed by atoms with E-state index in [1.54, 1.807) is 13.1 Å². The van der Waals surface area contributed by atoms with Gasteiger partial charge in [0.2, 0.25) is 0 Å². The second-order valence-electron chi connectivity index (χ2n) is 4.28. The van der Waals surface area contributed by atoms with Gasteiger partial charge in [0.05, 0.1) is 0 Å². The molecule has 0 aliphatic carbocycles. The van der Waals surface area contributed by atoms with Gasteiger partial charge in [-0.3, -0.25) is 9.36 Å². The molecule has 0 radical (unpaired) electrons. The van der Waals surface area contributed by atoms with Gasteiger partial charge in [-0.25, -0.2) is 0 Å². The van der Waals surface area contributed by atoms with E-state index in [1.807, 2.05) is 6.07 Å². The van der Waals surface area contributed by atoms with E-state index >= 15 is 0 Å². The van der Waals surface area contributed by atoms with Crippen molar-refractivity contribution in [1.82, 2.24) is 9.88 Å². The Hall–Kier alpha value is -1.29. The van der Waals surface area contributed by atoms with Crippen LogP contribution < -0.4 is 16.6 Å². The number of nitrogens with two attached hydrogens (primary N) is 1. The smallest absolute Gasteiger partial charge is 0.256 e. The van der Waals surface area contributed by atoms with E-state index in [0.29, 0.717) is 11.9 Å². The summed E-state index contributed by atoms with van der Waals surface area (Å²) in [5, 5.41) is 3.40. The van der Waals surface area contributed by atoms with E-state index in [2.05, 4.69) is 12.2 Å². The molecule has 15 heavy (non-hydrogen) atoms. The summed E-state index contributed by atoms with van der Waals surface area (Å²) >= 11 is 0. The Balaban J connectivity index is 2.38. The van der Waals surface area contributed by atoms with Crippen molar-refractivity contribution >= 4 is 5.82 Å². The molecule has 0 bridgehead atoms. The zero-order valence-electron chi connectivity index (χ0n) is 9.16. The highest BCUT2D eigenvalue weighted by atomic mass is 16.1.